The van der Waals surface area contributed by atoms with Crippen molar-refractivity contribution in [2.75, 3.05) is 27.2 Å². The van der Waals surface area contributed by atoms with Crippen LogP contribution in [-0.2, 0) is 10.0 Å². The van der Waals surface area contributed by atoms with E-state index in [0.29, 0.717) is 34.4 Å². The van der Waals surface area contributed by atoms with Gasteiger partial charge in [0, 0.05) is 40.3 Å². The molecule has 0 radical (unpaired) electrons. The summed E-state index contributed by atoms with van der Waals surface area (Å²) in [5, 5.41) is 1.85. The van der Waals surface area contributed by atoms with Crippen molar-refractivity contribution >= 4 is 49.7 Å². The van der Waals surface area contributed by atoms with Crippen molar-refractivity contribution in [3.8, 4) is 5.75 Å². The molecular weight excluding hydrogens is 419 g/mol. The lowest BCUT2D eigenvalue weighted by atomic mass is 10.1. The summed E-state index contributed by atoms with van der Waals surface area (Å²) in [5.41, 5.74) is 2.26. The predicted octanol–water partition coefficient (Wildman–Crippen LogP) is 4.44. The van der Waals surface area contributed by atoms with Gasteiger partial charge in [-0.3, -0.25) is 4.90 Å². The summed E-state index contributed by atoms with van der Waals surface area (Å²) in [7, 11) is -0.286. The number of benzene rings is 2. The molecule has 0 saturated heterocycles. The van der Waals surface area contributed by atoms with Crippen LogP contribution in [0.3, 0.4) is 0 Å². The molecule has 2 heterocycles. The SMILES string of the molecule is COc1ccc2c(c1)c(C1=C(Cl)CN(C)C1)cn2S(=O)(=O)c1cccc(Cl)c1. The van der Waals surface area contributed by atoms with E-state index in [0.717, 1.165) is 16.5 Å². The van der Waals surface area contributed by atoms with E-state index < -0.39 is 10.0 Å². The molecule has 5 nitrogen and oxygen atoms in total. The molecule has 4 rings (SSSR count). The maximum atomic E-state index is 13.3. The molecule has 0 spiro atoms. The number of likely N-dealkylation sites (N-methyl/N-ethyl adjacent to an activating group) is 1. The minimum atomic E-state index is -3.84. The molecule has 1 aliphatic heterocycles. The van der Waals surface area contributed by atoms with Crippen LogP contribution in [0.25, 0.3) is 16.5 Å². The highest BCUT2D eigenvalue weighted by Gasteiger charge is 2.26. The number of halogens is 2. The van der Waals surface area contributed by atoms with E-state index in [1.54, 1.807) is 37.6 Å². The summed E-state index contributed by atoms with van der Waals surface area (Å²) in [6.07, 6.45) is 1.64. The molecule has 0 atom stereocenters. The van der Waals surface area contributed by atoms with Crippen molar-refractivity contribution < 1.29 is 13.2 Å². The Bertz CT molecular complexity index is 1220. The van der Waals surface area contributed by atoms with E-state index in [-0.39, 0.29) is 4.90 Å². The molecule has 8 heteroatoms. The maximum absolute atomic E-state index is 13.3. The normalized spacial score (nSPS) is 15.6. The molecule has 0 N–H and O–H groups in total. The largest absolute Gasteiger partial charge is 0.497 e. The molecule has 1 aromatic heterocycles. The third kappa shape index (κ3) is 3.20. The van der Waals surface area contributed by atoms with Crippen LogP contribution < -0.4 is 4.74 Å². The number of fused-ring (bicyclic) bond motifs is 1. The van der Waals surface area contributed by atoms with Crippen molar-refractivity contribution in [2.24, 2.45) is 0 Å². The zero-order valence-corrected chi connectivity index (χ0v) is 17.6. The van der Waals surface area contributed by atoms with Crippen molar-refractivity contribution in [1.29, 1.82) is 0 Å². The maximum Gasteiger partial charge on any atom is 0.268 e. The minimum Gasteiger partial charge on any atom is -0.497 e. The highest BCUT2D eigenvalue weighted by Crippen LogP contribution is 2.37. The fraction of sp³-hybridized carbons (Fsp3) is 0.200. The van der Waals surface area contributed by atoms with Crippen LogP contribution in [0.4, 0.5) is 0 Å². The van der Waals surface area contributed by atoms with Crippen molar-refractivity contribution in [3.63, 3.8) is 0 Å². The van der Waals surface area contributed by atoms with E-state index in [1.807, 2.05) is 13.1 Å². The van der Waals surface area contributed by atoms with E-state index in [4.69, 9.17) is 27.9 Å². The first-order chi connectivity index (χ1) is 13.3. The van der Waals surface area contributed by atoms with Gasteiger partial charge < -0.3 is 4.74 Å². The number of nitrogens with zero attached hydrogens (tertiary/aromatic N) is 2. The van der Waals surface area contributed by atoms with Gasteiger partial charge in [-0.2, -0.15) is 0 Å². The molecule has 0 bridgehead atoms. The quantitative estimate of drug-likeness (QED) is 0.606. The van der Waals surface area contributed by atoms with Crippen LogP contribution in [0.2, 0.25) is 5.02 Å². The first-order valence-electron chi connectivity index (χ1n) is 8.58. The fourth-order valence-electron chi connectivity index (χ4n) is 3.46. The number of hydrogen-bond acceptors (Lipinski definition) is 4. The van der Waals surface area contributed by atoms with Crippen molar-refractivity contribution in [1.82, 2.24) is 8.87 Å². The number of ether oxygens (including phenoxy) is 1. The summed E-state index contributed by atoms with van der Waals surface area (Å²) in [4.78, 5) is 2.20. The van der Waals surface area contributed by atoms with Gasteiger partial charge in [0.25, 0.3) is 10.0 Å². The van der Waals surface area contributed by atoms with Crippen LogP contribution in [0, 0.1) is 0 Å². The number of hydrogen-bond donors (Lipinski definition) is 0. The second-order valence-corrected chi connectivity index (χ2v) is 9.45. The molecule has 0 unspecified atom stereocenters. The average molecular weight is 437 g/mol. The minimum absolute atomic E-state index is 0.128. The number of aromatic nitrogens is 1. The van der Waals surface area contributed by atoms with Crippen LogP contribution in [0.1, 0.15) is 5.56 Å². The Balaban J connectivity index is 1.99. The third-order valence-electron chi connectivity index (χ3n) is 4.82. The van der Waals surface area contributed by atoms with Gasteiger partial charge in [-0.1, -0.05) is 29.3 Å². The van der Waals surface area contributed by atoms with Crippen LogP contribution in [0.5, 0.6) is 5.75 Å². The van der Waals surface area contributed by atoms with Crippen LogP contribution >= 0.6 is 23.2 Å². The Morgan fingerprint density at radius 1 is 1.07 bits per heavy atom. The Morgan fingerprint density at radius 2 is 1.86 bits per heavy atom. The predicted molar refractivity (Wildman–Crippen MR) is 113 cm³/mol. The van der Waals surface area contributed by atoms with Gasteiger partial charge in [0.15, 0.2) is 0 Å². The fourth-order valence-corrected chi connectivity index (χ4v) is 5.50. The summed E-state index contributed by atoms with van der Waals surface area (Å²) < 4.78 is 33.3. The first kappa shape index (κ1) is 19.3. The first-order valence-corrected chi connectivity index (χ1v) is 10.8. The van der Waals surface area contributed by atoms with Gasteiger partial charge in [0.2, 0.25) is 0 Å². The Kier molecular flexibility index (Phi) is 4.91. The van der Waals surface area contributed by atoms with Gasteiger partial charge in [-0.15, -0.1) is 0 Å². The Labute approximate surface area is 173 Å². The molecule has 0 amide bonds. The van der Waals surface area contributed by atoms with Crippen molar-refractivity contribution in [2.45, 2.75) is 4.90 Å². The monoisotopic (exact) mass is 436 g/mol. The van der Waals surface area contributed by atoms with Crippen LogP contribution in [-0.4, -0.2) is 44.5 Å². The van der Waals surface area contributed by atoms with E-state index in [9.17, 15) is 8.42 Å². The molecule has 0 fully saturated rings. The molecular formula is C20H18Cl2N2O3S. The highest BCUT2D eigenvalue weighted by atomic mass is 35.5. The Hall–Kier alpha value is -1.99. The molecule has 0 saturated carbocycles. The van der Waals surface area contributed by atoms with Gasteiger partial charge in [-0.05, 0) is 49.0 Å². The summed E-state index contributed by atoms with van der Waals surface area (Å²) in [6.45, 7) is 1.28. The van der Waals surface area contributed by atoms with Gasteiger partial charge in [0.1, 0.15) is 5.75 Å². The zero-order valence-electron chi connectivity index (χ0n) is 15.3. The molecule has 0 aliphatic carbocycles. The molecule has 1 aliphatic rings. The number of rotatable bonds is 4. The average Bonchev–Trinajstić information content (AvgIpc) is 3.20. The lowest BCUT2D eigenvalue weighted by Gasteiger charge is -2.08. The summed E-state index contributed by atoms with van der Waals surface area (Å²) in [5.74, 6) is 0.648. The van der Waals surface area contributed by atoms with E-state index in [1.165, 1.54) is 16.1 Å². The smallest absolute Gasteiger partial charge is 0.268 e. The van der Waals surface area contributed by atoms with Gasteiger partial charge >= 0.3 is 0 Å². The lowest BCUT2D eigenvalue weighted by Crippen LogP contribution is -2.14. The lowest BCUT2D eigenvalue weighted by molar-refractivity contribution is 0.415. The standard InChI is InChI=1S/C20H18Cl2N2O3S/c1-23-10-18(19(22)12-23)17-11-24(20-7-6-14(27-2)9-16(17)20)28(25,26)15-5-3-4-13(21)8-15/h3-9,11H,10,12H2,1-2H3. The third-order valence-corrected chi connectivity index (χ3v) is 7.07. The highest BCUT2D eigenvalue weighted by molar-refractivity contribution is 7.90. The van der Waals surface area contributed by atoms with E-state index in [2.05, 4.69) is 4.90 Å². The molecule has 3 aromatic rings. The molecule has 2 aromatic carbocycles. The summed E-state index contributed by atoms with van der Waals surface area (Å²) >= 11 is 12.5. The Morgan fingerprint density at radius 3 is 2.50 bits per heavy atom. The topological polar surface area (TPSA) is 51.5 Å². The number of methoxy groups -OCH3 is 1. The summed E-state index contributed by atoms with van der Waals surface area (Å²) in [6, 6.07) is 11.6. The van der Waals surface area contributed by atoms with Crippen molar-refractivity contribution in [3.05, 3.63) is 64.3 Å². The van der Waals surface area contributed by atoms with Crippen LogP contribution in [0.15, 0.2) is 58.6 Å². The molecule has 28 heavy (non-hydrogen) atoms. The van der Waals surface area contributed by atoms with Gasteiger partial charge in [0.05, 0.1) is 17.5 Å². The zero-order chi connectivity index (χ0) is 20.1. The van der Waals surface area contributed by atoms with E-state index >= 15 is 0 Å². The second-order valence-electron chi connectivity index (χ2n) is 6.74. The molecule has 146 valence electrons. The van der Waals surface area contributed by atoms with Gasteiger partial charge in [-0.25, -0.2) is 12.4 Å². The second kappa shape index (κ2) is 7.12.